The number of piperidine rings is 2. The number of carboxylic acid groups (broad SMARTS) is 2. The molecule has 6 heteroatoms. The van der Waals surface area contributed by atoms with Crippen LogP contribution in [0.3, 0.4) is 0 Å². The molecule has 6 nitrogen and oxygen atoms in total. The van der Waals surface area contributed by atoms with Gasteiger partial charge in [-0.25, -0.2) is 9.59 Å². The lowest BCUT2D eigenvalue weighted by atomic mass is 10.0. The quantitative estimate of drug-likeness (QED) is 0.661. The first-order chi connectivity index (χ1) is 11.6. The van der Waals surface area contributed by atoms with Gasteiger partial charge >= 0.3 is 11.9 Å². The SMILES string of the molecule is O=C(O)/C(CCN1CCCCC1)=C(\CCN1CCCCC1)C(=O)O. The molecule has 2 fully saturated rings. The van der Waals surface area contributed by atoms with E-state index in [1.807, 2.05) is 0 Å². The van der Waals surface area contributed by atoms with Crippen LogP contribution in [0.4, 0.5) is 0 Å². The molecule has 0 atom stereocenters. The number of hydrogen-bond acceptors (Lipinski definition) is 4. The van der Waals surface area contributed by atoms with E-state index in [4.69, 9.17) is 0 Å². The smallest absolute Gasteiger partial charge is 0.332 e. The van der Waals surface area contributed by atoms with E-state index in [0.29, 0.717) is 25.9 Å². The molecule has 2 saturated heterocycles. The van der Waals surface area contributed by atoms with Crippen molar-refractivity contribution in [1.82, 2.24) is 9.80 Å². The average Bonchev–Trinajstić information content (AvgIpc) is 2.59. The van der Waals surface area contributed by atoms with Crippen LogP contribution in [0.1, 0.15) is 51.4 Å². The minimum atomic E-state index is -1.08. The third-order valence-corrected chi connectivity index (χ3v) is 5.13. The average molecular weight is 338 g/mol. The van der Waals surface area contributed by atoms with Gasteiger partial charge in [0.2, 0.25) is 0 Å². The van der Waals surface area contributed by atoms with Crippen molar-refractivity contribution in [3.8, 4) is 0 Å². The summed E-state index contributed by atoms with van der Waals surface area (Å²) in [6.45, 7) is 5.24. The van der Waals surface area contributed by atoms with Crippen molar-refractivity contribution in [2.45, 2.75) is 51.4 Å². The number of aliphatic carboxylic acids is 2. The van der Waals surface area contributed by atoms with Crippen molar-refractivity contribution in [3.63, 3.8) is 0 Å². The summed E-state index contributed by atoms with van der Waals surface area (Å²) in [5, 5.41) is 19.0. The maximum absolute atomic E-state index is 11.6. The molecule has 0 bridgehead atoms. The van der Waals surface area contributed by atoms with Gasteiger partial charge in [-0.3, -0.25) is 0 Å². The molecule has 2 N–H and O–H groups in total. The van der Waals surface area contributed by atoms with Gasteiger partial charge in [0.05, 0.1) is 0 Å². The predicted molar refractivity (Wildman–Crippen MR) is 92.1 cm³/mol. The van der Waals surface area contributed by atoms with Crippen LogP contribution in [0.2, 0.25) is 0 Å². The summed E-state index contributed by atoms with van der Waals surface area (Å²) in [6, 6.07) is 0. The number of carbonyl (C=O) groups is 2. The summed E-state index contributed by atoms with van der Waals surface area (Å²) in [5.74, 6) is -2.16. The highest BCUT2D eigenvalue weighted by Gasteiger charge is 2.22. The second-order valence-corrected chi connectivity index (χ2v) is 6.87. The van der Waals surface area contributed by atoms with Crippen molar-refractivity contribution >= 4 is 11.9 Å². The number of hydrogen-bond donors (Lipinski definition) is 2. The summed E-state index contributed by atoms with van der Waals surface area (Å²) >= 11 is 0. The van der Waals surface area contributed by atoms with E-state index in [0.717, 1.165) is 51.9 Å². The Labute approximate surface area is 144 Å². The molecule has 2 rings (SSSR count). The second-order valence-electron chi connectivity index (χ2n) is 6.87. The van der Waals surface area contributed by atoms with Crippen LogP contribution in [0.5, 0.6) is 0 Å². The van der Waals surface area contributed by atoms with Crippen LogP contribution < -0.4 is 0 Å². The molecule has 2 heterocycles. The normalized spacial score (nSPS) is 21.3. The molecule has 2 aliphatic heterocycles. The number of rotatable bonds is 8. The van der Waals surface area contributed by atoms with E-state index in [-0.39, 0.29) is 11.1 Å². The molecule has 136 valence electrons. The zero-order valence-electron chi connectivity index (χ0n) is 14.5. The van der Waals surface area contributed by atoms with Crippen LogP contribution in [-0.4, -0.2) is 71.2 Å². The zero-order chi connectivity index (χ0) is 17.4. The van der Waals surface area contributed by atoms with Gasteiger partial charge in [-0.2, -0.15) is 0 Å². The molecule has 0 aromatic carbocycles. The molecule has 0 unspecified atom stereocenters. The standard InChI is InChI=1S/C18H30N2O4/c21-17(22)15(7-13-19-9-3-1-4-10-19)16(18(23)24)8-14-20-11-5-2-6-12-20/h1-14H2,(H,21,22)(H,23,24)/b16-15+. The van der Waals surface area contributed by atoms with Gasteiger partial charge in [-0.15, -0.1) is 0 Å². The largest absolute Gasteiger partial charge is 0.478 e. The summed E-state index contributed by atoms with van der Waals surface area (Å²) in [7, 11) is 0. The van der Waals surface area contributed by atoms with Crippen molar-refractivity contribution in [2.75, 3.05) is 39.3 Å². The van der Waals surface area contributed by atoms with Gasteiger partial charge in [0.25, 0.3) is 0 Å². The Hall–Kier alpha value is -1.40. The molecular formula is C18H30N2O4. The minimum Gasteiger partial charge on any atom is -0.478 e. The van der Waals surface area contributed by atoms with Crippen LogP contribution in [0.25, 0.3) is 0 Å². The Bertz CT molecular complexity index is 422. The van der Waals surface area contributed by atoms with Crippen LogP contribution in [0.15, 0.2) is 11.1 Å². The third kappa shape index (κ3) is 5.91. The first-order valence-corrected chi connectivity index (χ1v) is 9.21. The van der Waals surface area contributed by atoms with Crippen molar-refractivity contribution < 1.29 is 19.8 Å². The van der Waals surface area contributed by atoms with Crippen LogP contribution in [0, 0.1) is 0 Å². The fourth-order valence-electron chi connectivity index (χ4n) is 3.68. The molecule has 0 spiro atoms. The van der Waals surface area contributed by atoms with Crippen LogP contribution >= 0.6 is 0 Å². The van der Waals surface area contributed by atoms with Crippen molar-refractivity contribution in [1.29, 1.82) is 0 Å². The number of carboxylic acids is 2. The molecular weight excluding hydrogens is 308 g/mol. The van der Waals surface area contributed by atoms with E-state index < -0.39 is 11.9 Å². The maximum atomic E-state index is 11.6. The van der Waals surface area contributed by atoms with Gasteiger partial charge in [0, 0.05) is 24.2 Å². The monoisotopic (exact) mass is 338 g/mol. The molecule has 0 amide bonds. The molecule has 0 aromatic heterocycles. The number of likely N-dealkylation sites (tertiary alicyclic amines) is 2. The summed E-state index contributed by atoms with van der Waals surface area (Å²) in [5.41, 5.74) is 0.176. The fourth-order valence-corrected chi connectivity index (χ4v) is 3.68. The van der Waals surface area contributed by atoms with E-state index in [2.05, 4.69) is 9.80 Å². The van der Waals surface area contributed by atoms with Crippen molar-refractivity contribution in [3.05, 3.63) is 11.1 Å². The Morgan fingerprint density at radius 3 is 1.25 bits per heavy atom. The summed E-state index contributed by atoms with van der Waals surface area (Å²) in [4.78, 5) is 27.7. The van der Waals surface area contributed by atoms with Crippen LogP contribution in [-0.2, 0) is 9.59 Å². The van der Waals surface area contributed by atoms with Gasteiger partial charge in [0.15, 0.2) is 0 Å². The Morgan fingerprint density at radius 2 is 0.958 bits per heavy atom. The lowest BCUT2D eigenvalue weighted by molar-refractivity contribution is -0.136. The highest BCUT2D eigenvalue weighted by Crippen LogP contribution is 2.18. The van der Waals surface area contributed by atoms with Gasteiger partial charge in [-0.05, 0) is 64.7 Å². The zero-order valence-corrected chi connectivity index (χ0v) is 14.5. The van der Waals surface area contributed by atoms with Crippen molar-refractivity contribution in [2.24, 2.45) is 0 Å². The van der Waals surface area contributed by atoms with Gasteiger partial charge < -0.3 is 20.0 Å². The highest BCUT2D eigenvalue weighted by atomic mass is 16.4. The van der Waals surface area contributed by atoms with E-state index in [1.54, 1.807) is 0 Å². The molecule has 0 saturated carbocycles. The summed E-state index contributed by atoms with van der Waals surface area (Å²) in [6.07, 6.45) is 7.68. The molecule has 0 radical (unpaired) electrons. The van der Waals surface area contributed by atoms with E-state index >= 15 is 0 Å². The second kappa shape index (κ2) is 9.79. The lowest BCUT2D eigenvalue weighted by Crippen LogP contribution is -2.32. The summed E-state index contributed by atoms with van der Waals surface area (Å²) < 4.78 is 0. The Kier molecular flexibility index (Phi) is 7.72. The fraction of sp³-hybridized carbons (Fsp3) is 0.778. The number of nitrogens with zero attached hydrogens (tertiary/aromatic N) is 2. The predicted octanol–water partition coefficient (Wildman–Crippen LogP) is 2.20. The first kappa shape index (κ1) is 18.9. The van der Waals surface area contributed by atoms with E-state index in [9.17, 15) is 19.8 Å². The minimum absolute atomic E-state index is 0.0880. The molecule has 0 aromatic rings. The molecule has 0 aliphatic carbocycles. The third-order valence-electron chi connectivity index (χ3n) is 5.13. The van der Waals surface area contributed by atoms with E-state index in [1.165, 1.54) is 12.8 Å². The van der Waals surface area contributed by atoms with Gasteiger partial charge in [-0.1, -0.05) is 12.8 Å². The molecule has 24 heavy (non-hydrogen) atoms. The topological polar surface area (TPSA) is 81.1 Å². The highest BCUT2D eigenvalue weighted by molar-refractivity contribution is 5.98. The lowest BCUT2D eigenvalue weighted by Gasteiger charge is -2.27. The van der Waals surface area contributed by atoms with Gasteiger partial charge in [0.1, 0.15) is 0 Å². The first-order valence-electron chi connectivity index (χ1n) is 9.21. The Balaban J connectivity index is 1.98. The molecule has 2 aliphatic rings. The Morgan fingerprint density at radius 1 is 0.625 bits per heavy atom. The maximum Gasteiger partial charge on any atom is 0.332 e.